The highest BCUT2D eigenvalue weighted by Crippen LogP contribution is 2.44. The summed E-state index contributed by atoms with van der Waals surface area (Å²) in [6.07, 6.45) is 12.2. The molecule has 0 amide bonds. The van der Waals surface area contributed by atoms with Crippen molar-refractivity contribution in [2.45, 2.75) is 43.8 Å². The summed E-state index contributed by atoms with van der Waals surface area (Å²) >= 11 is 5.82. The van der Waals surface area contributed by atoms with E-state index in [1.54, 1.807) is 12.3 Å². The van der Waals surface area contributed by atoms with Crippen LogP contribution in [0.5, 0.6) is 5.75 Å². The summed E-state index contributed by atoms with van der Waals surface area (Å²) in [5, 5.41) is 4.04. The third-order valence-electron chi connectivity index (χ3n) is 6.68. The van der Waals surface area contributed by atoms with Gasteiger partial charge in [-0.15, -0.1) is 0 Å². The van der Waals surface area contributed by atoms with Crippen LogP contribution in [-0.4, -0.2) is 36.4 Å². The number of anilines is 2. The van der Waals surface area contributed by atoms with Crippen LogP contribution in [0.4, 0.5) is 11.4 Å². The molecule has 3 aromatic rings. The Morgan fingerprint density at radius 3 is 2.66 bits per heavy atom. The van der Waals surface area contributed by atoms with Crippen molar-refractivity contribution in [3.63, 3.8) is 0 Å². The molecule has 2 fully saturated rings. The number of hydrogen-bond acceptors (Lipinski definition) is 5. The second-order valence-electron chi connectivity index (χ2n) is 9.09. The number of sulfonamides is 1. The Bertz CT molecular complexity index is 1320. The van der Waals surface area contributed by atoms with Gasteiger partial charge in [0.05, 0.1) is 36.8 Å². The summed E-state index contributed by atoms with van der Waals surface area (Å²) < 4.78 is 33.9. The van der Waals surface area contributed by atoms with Crippen LogP contribution in [-0.2, 0) is 10.0 Å². The molecule has 2 aromatic heterocycles. The van der Waals surface area contributed by atoms with Gasteiger partial charge in [-0.3, -0.25) is 9.71 Å². The molecule has 184 valence electrons. The Morgan fingerprint density at radius 1 is 1.17 bits per heavy atom. The first-order chi connectivity index (χ1) is 16.8. The summed E-state index contributed by atoms with van der Waals surface area (Å²) in [6, 6.07) is 13.7. The first-order valence-electron chi connectivity index (χ1n) is 11.7. The van der Waals surface area contributed by atoms with Crippen LogP contribution in [0.3, 0.4) is 0 Å². The van der Waals surface area contributed by atoms with Gasteiger partial charge in [-0.2, -0.15) is 0 Å². The summed E-state index contributed by atoms with van der Waals surface area (Å²) in [5.74, 6) is 0.416. The Balaban J connectivity index is 1.56. The minimum Gasteiger partial charge on any atom is -0.494 e. The molecule has 2 N–H and O–H groups in total. The molecule has 5 rings (SSSR count). The minimum atomic E-state index is -3.45. The van der Waals surface area contributed by atoms with Crippen LogP contribution in [0.1, 0.15) is 55.1 Å². The van der Waals surface area contributed by atoms with Gasteiger partial charge in [0.2, 0.25) is 10.0 Å². The Hall–Kier alpha value is -3.11. The number of hydrogen-bond donors (Lipinski definition) is 2. The molecule has 0 radical (unpaired) electrons. The lowest BCUT2D eigenvalue weighted by molar-refractivity contribution is 0.417. The zero-order chi connectivity index (χ0) is 24.6. The fourth-order valence-corrected chi connectivity index (χ4v) is 6.03. The largest absolute Gasteiger partial charge is 0.494 e. The molecule has 1 saturated heterocycles. The zero-order valence-corrected chi connectivity index (χ0v) is 21.3. The summed E-state index contributed by atoms with van der Waals surface area (Å²) in [7, 11) is -1.93. The topological polar surface area (TPSA) is 88.5 Å². The van der Waals surface area contributed by atoms with Crippen molar-refractivity contribution >= 4 is 38.7 Å². The van der Waals surface area contributed by atoms with Crippen molar-refractivity contribution in [3.8, 4) is 5.75 Å². The number of benzene rings is 1. The molecule has 0 bridgehead atoms. The monoisotopic (exact) mass is 511 g/mol. The maximum atomic E-state index is 11.8. The lowest BCUT2D eigenvalue weighted by Gasteiger charge is -2.28. The van der Waals surface area contributed by atoms with Crippen LogP contribution < -0.4 is 19.7 Å². The number of methoxy groups -OCH3 is 1. The molecule has 35 heavy (non-hydrogen) atoms. The Kier molecular flexibility index (Phi) is 6.41. The Morgan fingerprint density at radius 2 is 1.97 bits per heavy atom. The molecule has 2 atom stereocenters. The molecule has 1 aromatic carbocycles. The van der Waals surface area contributed by atoms with E-state index in [1.807, 2.05) is 30.3 Å². The van der Waals surface area contributed by atoms with E-state index in [4.69, 9.17) is 17.0 Å². The third kappa shape index (κ3) is 4.85. The van der Waals surface area contributed by atoms with E-state index >= 15 is 0 Å². The number of rotatable bonds is 7. The molecule has 3 heterocycles. The van der Waals surface area contributed by atoms with Crippen LogP contribution in [0, 0.1) is 0 Å². The van der Waals surface area contributed by atoms with Crippen LogP contribution in [0.15, 0.2) is 61.1 Å². The van der Waals surface area contributed by atoms with Crippen molar-refractivity contribution in [1.29, 1.82) is 0 Å². The van der Waals surface area contributed by atoms with Crippen molar-refractivity contribution < 1.29 is 13.2 Å². The highest BCUT2D eigenvalue weighted by Gasteiger charge is 2.41. The lowest BCUT2D eigenvalue weighted by atomic mass is 9.98. The van der Waals surface area contributed by atoms with Crippen molar-refractivity contribution in [1.82, 2.24) is 14.9 Å². The van der Waals surface area contributed by atoms with Crippen LogP contribution >= 0.6 is 12.2 Å². The molecule has 1 aliphatic heterocycles. The van der Waals surface area contributed by atoms with Crippen molar-refractivity contribution in [3.05, 3.63) is 72.3 Å². The SMILES string of the molecule is COc1cc(N2C(=S)N[C@H](c3ccccn3)[C@@H]2c2ccn(C3CCCC3)c2)ccc1NS(C)(=O)=O. The standard InChI is InChI=1S/C25H29N5O3S2/c1-33-22-15-19(10-11-20(22)28-35(2,31)32)30-24(17-12-14-29(16-17)18-7-3-4-8-18)23(27-25(30)34)21-9-5-6-13-26-21/h5-6,9-16,18,23-24,28H,3-4,7-8H2,1-2H3,(H,27,34)/t23-,24+/m1/s1. The fraction of sp³-hybridized carbons (Fsp3) is 0.360. The van der Waals surface area contributed by atoms with Gasteiger partial charge in [-0.1, -0.05) is 18.9 Å². The number of ether oxygens (including phenoxy) is 1. The summed E-state index contributed by atoms with van der Waals surface area (Å²) in [6.45, 7) is 0. The first kappa shape index (κ1) is 23.6. The molecule has 0 spiro atoms. The van der Waals surface area contributed by atoms with E-state index in [1.165, 1.54) is 32.8 Å². The highest BCUT2D eigenvalue weighted by molar-refractivity contribution is 7.92. The number of thiocarbonyl (C=S) groups is 1. The summed E-state index contributed by atoms with van der Waals surface area (Å²) in [4.78, 5) is 6.68. The van der Waals surface area contributed by atoms with Gasteiger partial charge < -0.3 is 19.5 Å². The van der Waals surface area contributed by atoms with Gasteiger partial charge in [0, 0.05) is 36.4 Å². The molecular weight excluding hydrogens is 482 g/mol. The maximum absolute atomic E-state index is 11.8. The second-order valence-corrected chi connectivity index (χ2v) is 11.2. The smallest absolute Gasteiger partial charge is 0.229 e. The van der Waals surface area contributed by atoms with E-state index < -0.39 is 10.0 Å². The third-order valence-corrected chi connectivity index (χ3v) is 7.59. The molecule has 8 nitrogen and oxygen atoms in total. The zero-order valence-electron chi connectivity index (χ0n) is 19.7. The molecule has 0 unspecified atom stereocenters. The van der Waals surface area contributed by atoms with E-state index in [9.17, 15) is 8.42 Å². The van der Waals surface area contributed by atoms with Crippen molar-refractivity contribution in [2.75, 3.05) is 23.0 Å². The molecule has 1 aliphatic carbocycles. The lowest BCUT2D eigenvalue weighted by Crippen LogP contribution is -2.29. The highest BCUT2D eigenvalue weighted by atomic mass is 32.2. The number of pyridine rings is 1. The van der Waals surface area contributed by atoms with Gasteiger partial charge in [-0.25, -0.2) is 8.42 Å². The van der Waals surface area contributed by atoms with Gasteiger partial charge >= 0.3 is 0 Å². The molecular formula is C25H29N5O3S2. The van der Waals surface area contributed by atoms with Gasteiger partial charge in [0.25, 0.3) is 0 Å². The molecule has 1 saturated carbocycles. The predicted molar refractivity (Wildman–Crippen MR) is 141 cm³/mol. The maximum Gasteiger partial charge on any atom is 0.229 e. The molecule has 2 aliphatic rings. The van der Waals surface area contributed by atoms with E-state index in [0.29, 0.717) is 22.6 Å². The number of aromatic nitrogens is 2. The quantitative estimate of drug-likeness (QED) is 0.450. The fourth-order valence-electron chi connectivity index (χ4n) is 5.12. The predicted octanol–water partition coefficient (Wildman–Crippen LogP) is 4.56. The van der Waals surface area contributed by atoms with Gasteiger partial charge in [0.15, 0.2) is 5.11 Å². The number of nitrogens with zero attached hydrogens (tertiary/aromatic N) is 3. The van der Waals surface area contributed by atoms with Gasteiger partial charge in [0.1, 0.15) is 5.75 Å². The normalized spacial score (nSPS) is 20.7. The van der Waals surface area contributed by atoms with E-state index in [2.05, 4.69) is 42.9 Å². The summed E-state index contributed by atoms with van der Waals surface area (Å²) in [5.41, 5.74) is 3.22. The van der Waals surface area contributed by atoms with E-state index in [-0.39, 0.29) is 12.1 Å². The minimum absolute atomic E-state index is 0.140. The number of nitrogens with one attached hydrogen (secondary N) is 2. The van der Waals surface area contributed by atoms with Crippen LogP contribution in [0.25, 0.3) is 0 Å². The molecule has 10 heteroatoms. The first-order valence-corrected chi connectivity index (χ1v) is 14.0. The average Bonchev–Trinajstić information content (AvgIpc) is 3.58. The Labute approximate surface area is 211 Å². The second kappa shape index (κ2) is 9.50. The average molecular weight is 512 g/mol. The van der Waals surface area contributed by atoms with E-state index in [0.717, 1.165) is 23.2 Å². The van der Waals surface area contributed by atoms with Gasteiger partial charge in [-0.05, 0) is 61.0 Å². The van der Waals surface area contributed by atoms with Crippen molar-refractivity contribution in [2.24, 2.45) is 0 Å². The van der Waals surface area contributed by atoms with Crippen LogP contribution in [0.2, 0.25) is 0 Å².